The molecule has 2 aromatic carbocycles. The molecule has 0 aliphatic rings. The fourth-order valence-electron chi connectivity index (χ4n) is 3.09. The Morgan fingerprint density at radius 3 is 1.68 bits per heavy atom. The van der Waals surface area contributed by atoms with Gasteiger partial charge < -0.3 is 15.4 Å². The van der Waals surface area contributed by atoms with E-state index >= 15 is 0 Å². The third-order valence-corrected chi connectivity index (χ3v) is 7.81. The van der Waals surface area contributed by atoms with Crippen LogP contribution in [0.2, 0.25) is 0 Å². The third kappa shape index (κ3) is 9.38. The van der Waals surface area contributed by atoms with Gasteiger partial charge in [-0.1, -0.05) is 35.4 Å². The van der Waals surface area contributed by atoms with Gasteiger partial charge in [-0.3, -0.25) is 0 Å². The lowest BCUT2D eigenvalue weighted by atomic mass is 10.1. The minimum Gasteiger partial charge on any atom is -0.467 e. The molecule has 37 heavy (non-hydrogen) atoms. The molecular weight excluding hydrogens is 524 g/mol. The summed E-state index contributed by atoms with van der Waals surface area (Å²) in [5.74, 6) is -0.780. The Morgan fingerprint density at radius 1 is 0.757 bits per heavy atom. The molecule has 0 spiro atoms. The molecule has 4 N–H and O–H groups in total. The molecule has 0 bridgehead atoms. The van der Waals surface area contributed by atoms with Gasteiger partial charge in [0.05, 0.1) is 16.9 Å². The number of ether oxygens (including phenoxy) is 1. The van der Waals surface area contributed by atoms with Gasteiger partial charge in [0, 0.05) is 6.54 Å². The Balaban J connectivity index is 1.82. The highest BCUT2D eigenvalue weighted by molar-refractivity contribution is 7.90. The average molecular weight is 555 g/mol. The first-order valence-electron chi connectivity index (χ1n) is 11.2. The Hall–Kier alpha value is -3.65. The Labute approximate surface area is 216 Å². The molecule has 0 heterocycles. The zero-order valence-corrected chi connectivity index (χ0v) is 22.2. The lowest BCUT2D eigenvalue weighted by molar-refractivity contribution is -0.143. The number of carbonyl (C=O) groups excluding carboxylic acids is 3. The van der Waals surface area contributed by atoms with E-state index < -0.39 is 44.1 Å². The van der Waals surface area contributed by atoms with Crippen molar-refractivity contribution in [3.63, 3.8) is 0 Å². The van der Waals surface area contributed by atoms with Crippen molar-refractivity contribution in [3.05, 3.63) is 59.7 Å². The van der Waals surface area contributed by atoms with Crippen LogP contribution in [0.15, 0.2) is 58.3 Å². The van der Waals surface area contributed by atoms with Gasteiger partial charge in [-0.15, -0.1) is 0 Å². The molecule has 202 valence electrons. The summed E-state index contributed by atoms with van der Waals surface area (Å²) in [7, 11) is -7.05. The smallest absolute Gasteiger partial charge is 0.329 e. The number of hydrogen-bond acceptors (Lipinski definition) is 8. The Bertz CT molecular complexity index is 1310. The highest BCUT2D eigenvalue weighted by Crippen LogP contribution is 2.11. The summed E-state index contributed by atoms with van der Waals surface area (Å²) in [6.45, 7) is 3.67. The summed E-state index contributed by atoms with van der Waals surface area (Å²) in [6, 6.07) is 8.67. The Morgan fingerprint density at radius 2 is 1.22 bits per heavy atom. The van der Waals surface area contributed by atoms with E-state index in [4.69, 9.17) is 0 Å². The van der Waals surface area contributed by atoms with Gasteiger partial charge >= 0.3 is 18.0 Å². The van der Waals surface area contributed by atoms with Crippen molar-refractivity contribution in [3.8, 4) is 0 Å². The van der Waals surface area contributed by atoms with Crippen LogP contribution in [-0.2, 0) is 29.6 Å². The molecular formula is C23H30N4O8S2. The lowest BCUT2D eigenvalue weighted by Crippen LogP contribution is -2.48. The van der Waals surface area contributed by atoms with Crippen LogP contribution >= 0.6 is 0 Å². The van der Waals surface area contributed by atoms with E-state index in [0.717, 1.165) is 18.2 Å². The van der Waals surface area contributed by atoms with Crippen LogP contribution in [0.3, 0.4) is 0 Å². The first kappa shape index (κ1) is 29.6. The molecule has 0 saturated carbocycles. The largest absolute Gasteiger partial charge is 0.467 e. The molecule has 0 aliphatic heterocycles. The molecule has 0 saturated heterocycles. The van der Waals surface area contributed by atoms with E-state index in [2.05, 4.69) is 15.4 Å². The molecule has 0 aliphatic carbocycles. The van der Waals surface area contributed by atoms with Crippen molar-refractivity contribution in [2.75, 3.05) is 13.7 Å². The minimum absolute atomic E-state index is 0.0529. The maximum absolute atomic E-state index is 12.4. The molecule has 12 nitrogen and oxygen atoms in total. The summed E-state index contributed by atoms with van der Waals surface area (Å²) in [6.07, 6.45) is 0.724. The van der Waals surface area contributed by atoms with E-state index in [1.54, 1.807) is 38.1 Å². The second kappa shape index (κ2) is 13.1. The fourth-order valence-corrected chi connectivity index (χ4v) is 4.93. The topological polar surface area (TPSA) is 177 Å². The SMILES string of the molecule is COC(=O)C(CCCCNC(=O)NS(=O)(=O)c1ccc(C)cc1)NC(=O)NS(=O)(=O)c1ccc(C)cc1. The van der Waals surface area contributed by atoms with Gasteiger partial charge in [-0.2, -0.15) is 0 Å². The van der Waals surface area contributed by atoms with Crippen molar-refractivity contribution in [2.24, 2.45) is 0 Å². The number of rotatable bonds is 11. The van der Waals surface area contributed by atoms with E-state index in [9.17, 15) is 31.2 Å². The van der Waals surface area contributed by atoms with Crippen molar-refractivity contribution in [2.45, 2.75) is 48.9 Å². The minimum atomic E-state index is -4.15. The van der Waals surface area contributed by atoms with Crippen LogP contribution < -0.4 is 20.1 Å². The van der Waals surface area contributed by atoms with Gasteiger partial charge in [-0.25, -0.2) is 40.7 Å². The number of methoxy groups -OCH3 is 1. The number of unbranched alkanes of at least 4 members (excludes halogenated alkanes) is 1. The van der Waals surface area contributed by atoms with Gasteiger partial charge in [0.1, 0.15) is 6.04 Å². The average Bonchev–Trinajstić information content (AvgIpc) is 2.82. The molecule has 4 amide bonds. The predicted molar refractivity (Wildman–Crippen MR) is 135 cm³/mol. The molecule has 2 rings (SSSR count). The zero-order chi connectivity index (χ0) is 27.6. The van der Waals surface area contributed by atoms with E-state index in [0.29, 0.717) is 12.8 Å². The normalized spacial score (nSPS) is 12.2. The maximum Gasteiger partial charge on any atom is 0.329 e. The molecule has 0 radical (unpaired) electrons. The second-order valence-corrected chi connectivity index (χ2v) is 11.5. The van der Waals surface area contributed by atoms with Crippen LogP contribution in [0.4, 0.5) is 9.59 Å². The number of aryl methyl sites for hydroxylation is 2. The van der Waals surface area contributed by atoms with E-state index in [-0.39, 0.29) is 22.8 Å². The van der Waals surface area contributed by atoms with Gasteiger partial charge in [0.2, 0.25) is 0 Å². The first-order chi connectivity index (χ1) is 17.3. The summed E-state index contributed by atoms with van der Waals surface area (Å²) < 4.78 is 57.6. The Kier molecular flexibility index (Phi) is 10.4. The molecule has 1 unspecified atom stereocenters. The molecule has 14 heteroatoms. The van der Waals surface area contributed by atoms with Crippen molar-refractivity contribution < 1.29 is 36.0 Å². The van der Waals surface area contributed by atoms with Crippen molar-refractivity contribution in [1.82, 2.24) is 20.1 Å². The standard InChI is InChI=1S/C23H30N4O8S2/c1-16-7-11-18(12-8-16)36(31,32)26-22(29)24-15-5-4-6-20(21(28)35-3)25-23(30)27-37(33,34)19-13-9-17(2)10-14-19/h7-14,20H,4-6,15H2,1-3H3,(H2,24,26,29)(H2,25,27,30). The fraction of sp³-hybridized carbons (Fsp3) is 0.348. The summed E-state index contributed by atoms with van der Waals surface area (Å²) >= 11 is 0. The number of nitrogens with one attached hydrogen (secondary N) is 4. The van der Waals surface area contributed by atoms with Gasteiger partial charge in [0.25, 0.3) is 20.0 Å². The number of carbonyl (C=O) groups is 3. The highest BCUT2D eigenvalue weighted by atomic mass is 32.2. The molecule has 0 aromatic heterocycles. The van der Waals surface area contributed by atoms with Gasteiger partial charge in [0.15, 0.2) is 0 Å². The van der Waals surface area contributed by atoms with Gasteiger partial charge in [-0.05, 0) is 57.4 Å². The summed E-state index contributed by atoms with van der Waals surface area (Å²) in [4.78, 5) is 36.1. The molecule has 2 aromatic rings. The highest BCUT2D eigenvalue weighted by Gasteiger charge is 2.24. The van der Waals surface area contributed by atoms with Crippen LogP contribution in [0.5, 0.6) is 0 Å². The zero-order valence-electron chi connectivity index (χ0n) is 20.6. The number of hydrogen-bond donors (Lipinski definition) is 4. The number of sulfonamides is 2. The van der Waals surface area contributed by atoms with Crippen LogP contribution in [0.1, 0.15) is 30.4 Å². The van der Waals surface area contributed by atoms with E-state index in [1.807, 2.05) is 9.44 Å². The maximum atomic E-state index is 12.4. The number of benzene rings is 2. The summed E-state index contributed by atoms with van der Waals surface area (Å²) in [5.41, 5.74) is 1.71. The van der Waals surface area contributed by atoms with Crippen LogP contribution in [0, 0.1) is 13.8 Å². The van der Waals surface area contributed by atoms with Crippen LogP contribution in [-0.4, -0.2) is 54.6 Å². The van der Waals surface area contributed by atoms with Crippen LogP contribution in [0.25, 0.3) is 0 Å². The number of esters is 1. The first-order valence-corrected chi connectivity index (χ1v) is 14.2. The second-order valence-electron chi connectivity index (χ2n) is 8.14. The predicted octanol–water partition coefficient (Wildman–Crippen LogP) is 1.69. The molecule has 1 atom stereocenters. The van der Waals surface area contributed by atoms with Crippen molar-refractivity contribution >= 4 is 38.1 Å². The lowest BCUT2D eigenvalue weighted by Gasteiger charge is -2.17. The monoisotopic (exact) mass is 554 g/mol. The number of amides is 4. The molecule has 0 fully saturated rings. The number of urea groups is 2. The quantitative estimate of drug-likeness (QED) is 0.239. The van der Waals surface area contributed by atoms with Crippen molar-refractivity contribution in [1.29, 1.82) is 0 Å². The van der Waals surface area contributed by atoms with E-state index in [1.165, 1.54) is 24.3 Å². The summed E-state index contributed by atoms with van der Waals surface area (Å²) in [5, 5.41) is 4.68. The third-order valence-electron chi connectivity index (χ3n) is 5.11.